The van der Waals surface area contributed by atoms with Crippen molar-refractivity contribution in [2.24, 2.45) is 4.99 Å². The molecule has 9 aromatic rings. The SMILES string of the molecule is C=C(N=C(C)c1ccc(-c2cccc3ccc(-c4ccc(-n5c6ccccc6c6ccc7ccccc7c65)cc4)nc23)cc1)c1ccccc1. The van der Waals surface area contributed by atoms with Crippen LogP contribution in [0.4, 0.5) is 0 Å². The monoisotopic (exact) mass is 639 g/mol. The average molecular weight is 640 g/mol. The van der Waals surface area contributed by atoms with E-state index in [2.05, 4.69) is 151 Å². The number of para-hydroxylation sites is 2. The average Bonchev–Trinajstić information content (AvgIpc) is 3.53. The van der Waals surface area contributed by atoms with Crippen LogP contribution in [0.15, 0.2) is 181 Å². The highest BCUT2D eigenvalue weighted by atomic mass is 15.0. The highest BCUT2D eigenvalue weighted by molar-refractivity contribution is 6.18. The zero-order valence-electron chi connectivity index (χ0n) is 27.7. The van der Waals surface area contributed by atoms with Crippen LogP contribution in [0, 0.1) is 0 Å². The lowest BCUT2D eigenvalue weighted by atomic mass is 9.99. The summed E-state index contributed by atoms with van der Waals surface area (Å²) in [6, 6.07) is 60.0. The van der Waals surface area contributed by atoms with Gasteiger partial charge in [0.1, 0.15) is 0 Å². The largest absolute Gasteiger partial charge is 0.309 e. The summed E-state index contributed by atoms with van der Waals surface area (Å²) >= 11 is 0. The van der Waals surface area contributed by atoms with Gasteiger partial charge in [-0.25, -0.2) is 4.98 Å². The van der Waals surface area contributed by atoms with Crippen molar-refractivity contribution >= 4 is 54.9 Å². The van der Waals surface area contributed by atoms with E-state index in [-0.39, 0.29) is 0 Å². The molecule has 0 amide bonds. The molecule has 236 valence electrons. The summed E-state index contributed by atoms with van der Waals surface area (Å²) in [7, 11) is 0. The van der Waals surface area contributed by atoms with E-state index in [0.29, 0.717) is 0 Å². The molecule has 0 radical (unpaired) electrons. The van der Waals surface area contributed by atoms with E-state index in [1.54, 1.807) is 0 Å². The molecule has 0 spiro atoms. The normalized spacial score (nSPS) is 11.9. The van der Waals surface area contributed by atoms with Gasteiger partial charge < -0.3 is 4.57 Å². The third kappa shape index (κ3) is 5.08. The summed E-state index contributed by atoms with van der Waals surface area (Å²) in [6.45, 7) is 6.21. The molecular formula is C47H33N3. The van der Waals surface area contributed by atoms with Gasteiger partial charge in [-0.15, -0.1) is 0 Å². The third-order valence-electron chi connectivity index (χ3n) is 9.72. The summed E-state index contributed by atoms with van der Waals surface area (Å²) in [6.07, 6.45) is 0. The lowest BCUT2D eigenvalue weighted by Gasteiger charge is -2.12. The predicted octanol–water partition coefficient (Wildman–Crippen LogP) is 12.3. The van der Waals surface area contributed by atoms with Gasteiger partial charge in [-0.1, -0.05) is 152 Å². The Morgan fingerprint density at radius 2 is 1.22 bits per heavy atom. The van der Waals surface area contributed by atoms with Crippen LogP contribution in [0.25, 0.3) is 77.2 Å². The van der Waals surface area contributed by atoms with Crippen LogP contribution in [-0.4, -0.2) is 15.3 Å². The summed E-state index contributed by atoms with van der Waals surface area (Å²) in [5.74, 6) is 0. The number of hydrogen-bond donors (Lipinski definition) is 0. The van der Waals surface area contributed by atoms with Crippen molar-refractivity contribution < 1.29 is 0 Å². The van der Waals surface area contributed by atoms with Gasteiger partial charge in [0.15, 0.2) is 0 Å². The second-order valence-corrected chi connectivity index (χ2v) is 12.7. The molecule has 0 saturated heterocycles. The number of pyridine rings is 1. The molecule has 50 heavy (non-hydrogen) atoms. The molecule has 0 aliphatic heterocycles. The molecule has 2 heterocycles. The fraction of sp³-hybridized carbons (Fsp3) is 0.0213. The van der Waals surface area contributed by atoms with Crippen LogP contribution in [0.2, 0.25) is 0 Å². The molecule has 0 fully saturated rings. The van der Waals surface area contributed by atoms with Crippen molar-refractivity contribution in [1.82, 2.24) is 9.55 Å². The molecule has 0 aliphatic rings. The fourth-order valence-corrected chi connectivity index (χ4v) is 7.17. The Morgan fingerprint density at radius 1 is 0.540 bits per heavy atom. The molecular weight excluding hydrogens is 607 g/mol. The number of rotatable bonds is 6. The first-order chi connectivity index (χ1) is 24.6. The van der Waals surface area contributed by atoms with Crippen molar-refractivity contribution in [3.05, 3.63) is 188 Å². The Bertz CT molecular complexity index is 2750. The van der Waals surface area contributed by atoms with Gasteiger partial charge in [0.05, 0.1) is 27.9 Å². The smallest absolute Gasteiger partial charge is 0.0787 e. The van der Waals surface area contributed by atoms with Gasteiger partial charge >= 0.3 is 0 Å². The van der Waals surface area contributed by atoms with Crippen LogP contribution in [0.5, 0.6) is 0 Å². The molecule has 0 aliphatic carbocycles. The zero-order chi connectivity index (χ0) is 33.6. The minimum atomic E-state index is 0.759. The van der Waals surface area contributed by atoms with E-state index in [4.69, 9.17) is 9.98 Å². The topological polar surface area (TPSA) is 30.2 Å². The van der Waals surface area contributed by atoms with Gasteiger partial charge in [0.25, 0.3) is 0 Å². The molecule has 0 N–H and O–H groups in total. The Kier molecular flexibility index (Phi) is 7.18. The summed E-state index contributed by atoms with van der Waals surface area (Å²) in [5, 5.41) is 6.13. The molecule has 9 rings (SSSR count). The van der Waals surface area contributed by atoms with Crippen molar-refractivity contribution in [1.29, 1.82) is 0 Å². The van der Waals surface area contributed by atoms with Crippen LogP contribution >= 0.6 is 0 Å². The zero-order valence-corrected chi connectivity index (χ0v) is 27.7. The van der Waals surface area contributed by atoms with Crippen molar-refractivity contribution in [3.8, 4) is 28.1 Å². The molecule has 0 saturated carbocycles. The van der Waals surface area contributed by atoms with E-state index >= 15 is 0 Å². The summed E-state index contributed by atoms with van der Waals surface area (Å²) < 4.78 is 2.40. The second kappa shape index (κ2) is 12.1. The first-order valence-electron chi connectivity index (χ1n) is 16.9. The van der Waals surface area contributed by atoms with E-state index in [1.165, 1.54) is 32.6 Å². The summed E-state index contributed by atoms with van der Waals surface area (Å²) in [4.78, 5) is 10.0. The van der Waals surface area contributed by atoms with E-state index in [9.17, 15) is 0 Å². The highest BCUT2D eigenvalue weighted by Gasteiger charge is 2.15. The minimum absolute atomic E-state index is 0.759. The number of aliphatic imine (C=N–C) groups is 1. The van der Waals surface area contributed by atoms with E-state index in [1.807, 2.05) is 37.3 Å². The number of aromatic nitrogens is 2. The Labute approximate surface area is 291 Å². The molecule has 3 heteroatoms. The molecule has 0 unspecified atom stereocenters. The van der Waals surface area contributed by atoms with Crippen LogP contribution < -0.4 is 0 Å². The van der Waals surface area contributed by atoms with Gasteiger partial charge in [-0.2, -0.15) is 0 Å². The lowest BCUT2D eigenvalue weighted by molar-refractivity contribution is 1.19. The maximum Gasteiger partial charge on any atom is 0.0787 e. The molecule has 0 atom stereocenters. The Balaban J connectivity index is 1.07. The highest BCUT2D eigenvalue weighted by Crippen LogP contribution is 2.37. The number of benzene rings is 7. The molecule has 2 aromatic heterocycles. The first kappa shape index (κ1) is 29.6. The van der Waals surface area contributed by atoms with E-state index < -0.39 is 0 Å². The lowest BCUT2D eigenvalue weighted by Crippen LogP contribution is -1.96. The standard InChI is InChI=1S/C47H33N3/c1-31(33-11-4-3-5-12-33)48-32(2)34-19-21-36(22-20-34)40-17-10-14-38-26-30-44(49-46(38)40)37-23-27-39(28-24-37)50-45-18-9-8-16-42(45)43-29-25-35-13-6-7-15-41(35)47(43)50/h3-30H,1H2,2H3. The third-order valence-corrected chi connectivity index (χ3v) is 9.72. The number of fused-ring (bicyclic) bond motifs is 6. The van der Waals surface area contributed by atoms with Crippen LogP contribution in [0.1, 0.15) is 18.1 Å². The van der Waals surface area contributed by atoms with Gasteiger partial charge in [-0.05, 0) is 53.3 Å². The Morgan fingerprint density at radius 3 is 2.04 bits per heavy atom. The maximum atomic E-state index is 5.24. The van der Waals surface area contributed by atoms with Gasteiger partial charge in [-0.3, -0.25) is 4.99 Å². The first-order valence-corrected chi connectivity index (χ1v) is 16.9. The second-order valence-electron chi connectivity index (χ2n) is 12.7. The van der Waals surface area contributed by atoms with Crippen molar-refractivity contribution in [3.63, 3.8) is 0 Å². The molecule has 7 aromatic carbocycles. The van der Waals surface area contributed by atoms with Gasteiger partial charge in [0, 0.05) is 44.1 Å². The number of hydrogen-bond acceptors (Lipinski definition) is 2. The molecule has 3 nitrogen and oxygen atoms in total. The van der Waals surface area contributed by atoms with Crippen molar-refractivity contribution in [2.45, 2.75) is 6.92 Å². The van der Waals surface area contributed by atoms with E-state index in [0.717, 1.165) is 61.5 Å². The van der Waals surface area contributed by atoms with Gasteiger partial charge in [0.2, 0.25) is 0 Å². The fourth-order valence-electron chi connectivity index (χ4n) is 7.17. The number of nitrogens with zero attached hydrogens (tertiary/aromatic N) is 3. The van der Waals surface area contributed by atoms with Crippen molar-refractivity contribution in [2.75, 3.05) is 0 Å². The van der Waals surface area contributed by atoms with Crippen LogP contribution in [0.3, 0.4) is 0 Å². The molecule has 0 bridgehead atoms. The quantitative estimate of drug-likeness (QED) is 0.167. The van der Waals surface area contributed by atoms with Crippen LogP contribution in [-0.2, 0) is 0 Å². The Hall–Kier alpha value is -6.58. The maximum absolute atomic E-state index is 5.24. The minimum Gasteiger partial charge on any atom is -0.309 e. The predicted molar refractivity (Wildman–Crippen MR) is 212 cm³/mol. The summed E-state index contributed by atoms with van der Waals surface area (Å²) in [5.41, 5.74) is 12.6.